The Morgan fingerprint density at radius 2 is 1.13 bits per heavy atom. The molecular formula is C62H58BrF8LiN6O6. The van der Waals surface area contributed by atoms with Crippen LogP contribution in [0.5, 0.6) is 0 Å². The van der Waals surface area contributed by atoms with Crippen molar-refractivity contribution in [2.45, 2.75) is 102 Å². The molecule has 0 amide bonds. The Hall–Kier alpha value is -6.67. The number of unbranched alkanes of at least 4 members (excludes halogenated alkanes) is 1. The first-order chi connectivity index (χ1) is 39.3. The van der Waals surface area contributed by atoms with Crippen LogP contribution in [0.1, 0.15) is 68.9 Å². The summed E-state index contributed by atoms with van der Waals surface area (Å²) in [5, 5.41) is 12.2. The van der Waals surface area contributed by atoms with E-state index >= 15 is 0 Å². The molecule has 0 spiro atoms. The monoisotopic (exact) mass is 1220 g/mol. The fourth-order valence-corrected chi connectivity index (χ4v) is 10.2. The minimum Gasteiger partial charge on any atom is -0.372 e. The van der Waals surface area contributed by atoms with E-state index in [1.54, 1.807) is 114 Å². The number of ketones is 1. The molecule has 2 saturated heterocycles. The number of halogens is 9. The first kappa shape index (κ1) is 63.4. The van der Waals surface area contributed by atoms with E-state index < -0.39 is 41.1 Å². The van der Waals surface area contributed by atoms with Crippen LogP contribution >= 0.6 is 15.9 Å². The Morgan fingerprint density at radius 1 is 0.679 bits per heavy atom. The molecule has 2 fully saturated rings. The number of aliphatic hydroxyl groups is 1. The minimum absolute atomic E-state index is 0. The Morgan fingerprint density at radius 3 is 1.60 bits per heavy atom. The normalized spacial score (nSPS) is 17.2. The second-order valence-electron chi connectivity index (χ2n) is 20.7. The van der Waals surface area contributed by atoms with Crippen molar-refractivity contribution in [3.05, 3.63) is 198 Å². The van der Waals surface area contributed by atoms with Gasteiger partial charge in [0.05, 0.1) is 55.3 Å². The molecule has 1 N–H and O–H groups in total. The summed E-state index contributed by atoms with van der Waals surface area (Å²) in [6.45, 7) is 14.1. The van der Waals surface area contributed by atoms with Gasteiger partial charge in [0, 0.05) is 73.3 Å². The molecule has 0 saturated carbocycles. The average molecular weight is 1220 g/mol. The van der Waals surface area contributed by atoms with Crippen LogP contribution in [0.2, 0.25) is 0 Å². The van der Waals surface area contributed by atoms with E-state index in [1.165, 1.54) is 73.7 Å². The summed E-state index contributed by atoms with van der Waals surface area (Å²) in [4.78, 5) is 20.3. The standard InChI is InChI=1S/C29H25F4N3O3.C16H16F3NO3.C13H8BrFN2.C4H9.Li/c1-27(2)38-17-22(39-27)15-35-16-24(23-5-3-4-6-25(23)35)28(37,29(31,32)33)19-11-12-36-21(13-19)14-34-26(36)18-7-9-20(30)10-8-18;1-15(2)22-9-10(23-15)7-20-8-12(14(21)16(17,18)19)11-5-3-4-6-13(11)20;14-10-5-6-17-12(7-10)8-16-13(17)9-1-3-11(15)4-2-9;1-3-4-2;/h3-14,16,22,37H,15,17H2,1-2H3;3-6,8,10H,7,9H2,1-2H3;1-8H;1,3-4H2,2H3;/q;;;-1;+1. The van der Waals surface area contributed by atoms with Crippen molar-refractivity contribution in [2.24, 2.45) is 0 Å². The number of Topliss-reactive ketones (excluding diaryl/α,β-unsaturated/α-hetero) is 1. The molecule has 4 aromatic carbocycles. The van der Waals surface area contributed by atoms with Gasteiger partial charge in [-0.3, -0.25) is 13.6 Å². The van der Waals surface area contributed by atoms with Gasteiger partial charge in [-0.05, 0) is 113 Å². The van der Waals surface area contributed by atoms with Crippen LogP contribution in [0.25, 0.3) is 55.6 Å². The summed E-state index contributed by atoms with van der Waals surface area (Å²) in [6, 6.07) is 31.6. The van der Waals surface area contributed by atoms with Gasteiger partial charge in [0.25, 0.3) is 5.78 Å². The number of fused-ring (bicyclic) bond motifs is 4. The Labute approximate surface area is 499 Å². The van der Waals surface area contributed by atoms with Crippen molar-refractivity contribution >= 4 is 54.6 Å². The van der Waals surface area contributed by atoms with E-state index in [2.05, 4.69) is 39.7 Å². The first-order valence-electron chi connectivity index (χ1n) is 26.4. The number of carbonyl (C=O) groups excluding carboxylic acids is 1. The van der Waals surface area contributed by atoms with Crippen LogP contribution in [-0.2, 0) is 37.6 Å². The number of nitrogens with zero attached hydrogens (tertiary/aromatic N) is 6. The second kappa shape index (κ2) is 25.5. The van der Waals surface area contributed by atoms with E-state index in [0.717, 1.165) is 27.8 Å². The number of hydrogen-bond donors (Lipinski definition) is 1. The van der Waals surface area contributed by atoms with Crippen LogP contribution in [0.3, 0.4) is 0 Å². The Bertz CT molecular complexity index is 3890. The predicted molar refractivity (Wildman–Crippen MR) is 302 cm³/mol. The fraction of sp³-hybridized carbons (Fsp3) is 0.290. The summed E-state index contributed by atoms with van der Waals surface area (Å²) >= 11 is 3.42. The molecule has 0 bridgehead atoms. The summed E-state index contributed by atoms with van der Waals surface area (Å²) in [7, 11) is 0. The van der Waals surface area contributed by atoms with Crippen LogP contribution in [-0.4, -0.2) is 88.1 Å². The first-order valence-corrected chi connectivity index (χ1v) is 27.2. The summed E-state index contributed by atoms with van der Waals surface area (Å²) in [5.41, 5.74) is -0.355. The van der Waals surface area contributed by atoms with E-state index in [-0.39, 0.29) is 70.9 Å². The van der Waals surface area contributed by atoms with Crippen LogP contribution < -0.4 is 18.9 Å². The molecule has 3 unspecified atom stereocenters. The van der Waals surface area contributed by atoms with Crippen molar-refractivity contribution in [2.75, 3.05) is 13.2 Å². The van der Waals surface area contributed by atoms with Crippen LogP contribution in [0.15, 0.2) is 163 Å². The maximum Gasteiger partial charge on any atom is 1.00 e. The molecule has 12 nitrogen and oxygen atoms in total. The molecule has 22 heteroatoms. The smallest absolute Gasteiger partial charge is 0.372 e. The number of para-hydroxylation sites is 2. The molecule has 8 heterocycles. The quantitative estimate of drug-likeness (QED) is 0.0622. The van der Waals surface area contributed by atoms with E-state index in [0.29, 0.717) is 47.7 Å². The maximum atomic E-state index is 14.9. The van der Waals surface area contributed by atoms with Crippen molar-refractivity contribution in [3.63, 3.8) is 0 Å². The van der Waals surface area contributed by atoms with Crippen LogP contribution in [0.4, 0.5) is 35.1 Å². The number of carbonyl (C=O) groups is 1. The van der Waals surface area contributed by atoms with Crippen molar-refractivity contribution in [1.82, 2.24) is 27.9 Å². The van der Waals surface area contributed by atoms with Gasteiger partial charge in [-0.2, -0.15) is 32.8 Å². The largest absolute Gasteiger partial charge is 1.00 e. The minimum atomic E-state index is -5.05. The molecule has 12 rings (SSSR count). The van der Waals surface area contributed by atoms with Gasteiger partial charge in [0.1, 0.15) is 35.5 Å². The molecule has 2 aliphatic heterocycles. The zero-order valence-corrected chi connectivity index (χ0v) is 48.3. The molecule has 10 aromatic rings. The number of rotatable bonds is 10. The van der Waals surface area contributed by atoms with Gasteiger partial charge in [-0.1, -0.05) is 65.7 Å². The number of aromatic nitrogens is 6. The molecule has 2 aliphatic rings. The number of alkyl halides is 6. The molecule has 6 aromatic heterocycles. The number of imidazole rings is 2. The van der Waals surface area contributed by atoms with Gasteiger partial charge in [-0.15, -0.1) is 0 Å². The predicted octanol–water partition coefficient (Wildman–Crippen LogP) is 12.1. The zero-order valence-electron chi connectivity index (χ0n) is 46.7. The number of benzene rings is 4. The SMILES string of the molecule is CC1(C)OCC(Cn2cc(C(=O)C(F)(F)F)c3ccccc32)O1.CC1(C)OCC(Cn2cc(C(O)(c3ccn4c(-c5ccc(F)cc5)ncc4c3)C(F)(F)F)c3ccccc32)O1.Fc1ccc(-c2ncc3cc(Br)ccn23)cc1.[CH2-]CCC.[Li+]. The summed E-state index contributed by atoms with van der Waals surface area (Å²) in [6.07, 6.45) is 0.852. The molecule has 436 valence electrons. The third-order valence-electron chi connectivity index (χ3n) is 13.8. The summed E-state index contributed by atoms with van der Waals surface area (Å²) in [5.74, 6) is -2.73. The Balaban J connectivity index is 0.000000173. The van der Waals surface area contributed by atoms with E-state index in [4.69, 9.17) is 18.9 Å². The van der Waals surface area contributed by atoms with E-state index in [1.807, 2.05) is 22.7 Å². The average Bonchev–Trinajstić information content (AvgIpc) is 1.67. The van der Waals surface area contributed by atoms with Gasteiger partial charge in [-0.25, -0.2) is 18.7 Å². The summed E-state index contributed by atoms with van der Waals surface area (Å²) < 4.78 is 140. The fourth-order valence-electron chi connectivity index (χ4n) is 9.86. The van der Waals surface area contributed by atoms with Gasteiger partial charge < -0.3 is 40.1 Å². The van der Waals surface area contributed by atoms with Crippen LogP contribution in [0, 0.1) is 18.6 Å². The third-order valence-corrected chi connectivity index (χ3v) is 14.3. The molecule has 84 heavy (non-hydrogen) atoms. The van der Waals surface area contributed by atoms with Crippen molar-refractivity contribution in [3.8, 4) is 22.8 Å². The zero-order chi connectivity index (χ0) is 59.6. The van der Waals surface area contributed by atoms with Crippen molar-refractivity contribution < 1.29 is 82.8 Å². The molecule has 0 aliphatic carbocycles. The molecular weight excluding hydrogens is 1160 g/mol. The van der Waals surface area contributed by atoms with Crippen molar-refractivity contribution in [1.29, 1.82) is 0 Å². The topological polar surface area (TPSA) is 119 Å². The van der Waals surface area contributed by atoms with Gasteiger partial charge >= 0.3 is 31.2 Å². The molecule has 3 atom stereocenters. The Kier molecular flexibility index (Phi) is 19.2. The maximum absolute atomic E-state index is 14.9. The van der Waals surface area contributed by atoms with Gasteiger partial charge in [0.15, 0.2) is 11.6 Å². The third kappa shape index (κ3) is 13.9. The van der Waals surface area contributed by atoms with Gasteiger partial charge in [0.2, 0.25) is 5.60 Å². The second-order valence-corrected chi connectivity index (χ2v) is 21.7. The number of ether oxygens (including phenoxy) is 4. The number of hydrogen-bond acceptors (Lipinski definition) is 8. The molecule has 0 radical (unpaired) electrons. The number of pyridine rings is 2. The van der Waals surface area contributed by atoms with E-state index in [9.17, 15) is 45.0 Å².